The SMILES string of the molecule is NCCCCC(NC(=O)C(CS)NC(=O)C(N)Cc1cnc[nH]1)C(=O)NC(Cc1c[nH]c2ccccc12)C(=O)O. The van der Waals surface area contributed by atoms with E-state index in [9.17, 15) is 24.3 Å². The van der Waals surface area contributed by atoms with Crippen molar-refractivity contribution in [3.05, 3.63) is 54.2 Å². The lowest BCUT2D eigenvalue weighted by molar-refractivity contribution is -0.142. The molecule has 3 amide bonds. The molecule has 2 aromatic heterocycles. The van der Waals surface area contributed by atoms with Crippen molar-refractivity contribution >= 4 is 47.2 Å². The molecule has 14 heteroatoms. The van der Waals surface area contributed by atoms with Gasteiger partial charge in [-0.3, -0.25) is 14.4 Å². The van der Waals surface area contributed by atoms with Crippen LogP contribution in [0.2, 0.25) is 0 Å². The van der Waals surface area contributed by atoms with Gasteiger partial charge in [0.05, 0.1) is 12.4 Å². The van der Waals surface area contributed by atoms with E-state index in [0.29, 0.717) is 25.1 Å². The van der Waals surface area contributed by atoms with E-state index in [2.05, 4.69) is 43.5 Å². The largest absolute Gasteiger partial charge is 0.480 e. The second kappa shape index (κ2) is 15.1. The summed E-state index contributed by atoms with van der Waals surface area (Å²) in [6.07, 6.45) is 6.29. The third-order valence-electron chi connectivity index (χ3n) is 6.44. The molecule has 4 atom stereocenters. The second-order valence-corrected chi connectivity index (χ2v) is 9.81. The molecule has 0 radical (unpaired) electrons. The van der Waals surface area contributed by atoms with E-state index in [0.717, 1.165) is 16.5 Å². The minimum atomic E-state index is -1.23. The lowest BCUT2D eigenvalue weighted by Crippen LogP contribution is -2.58. The smallest absolute Gasteiger partial charge is 0.326 e. The van der Waals surface area contributed by atoms with Crippen molar-refractivity contribution < 1.29 is 24.3 Å². The molecule has 0 bridgehead atoms. The number of unbranched alkanes of at least 4 members (excludes halogenated alkanes) is 1. The van der Waals surface area contributed by atoms with Gasteiger partial charge < -0.3 is 42.5 Å². The highest BCUT2D eigenvalue weighted by molar-refractivity contribution is 7.80. The number of carboxylic acids is 1. The van der Waals surface area contributed by atoms with Crippen molar-refractivity contribution in [2.24, 2.45) is 11.5 Å². The Bertz CT molecular complexity index is 1280. The molecule has 0 aliphatic heterocycles. The van der Waals surface area contributed by atoms with Gasteiger partial charge >= 0.3 is 5.97 Å². The number of carbonyl (C=O) groups is 4. The van der Waals surface area contributed by atoms with Crippen LogP contribution in [-0.4, -0.2) is 80.2 Å². The van der Waals surface area contributed by atoms with Crippen LogP contribution in [0.4, 0.5) is 0 Å². The number of thiol groups is 1. The predicted molar refractivity (Wildman–Crippen MR) is 152 cm³/mol. The molecule has 13 nitrogen and oxygen atoms in total. The molecular weight excluding hydrogens is 536 g/mol. The van der Waals surface area contributed by atoms with Crippen LogP contribution in [0.1, 0.15) is 30.5 Å². The minimum Gasteiger partial charge on any atom is -0.480 e. The van der Waals surface area contributed by atoms with E-state index in [4.69, 9.17) is 11.5 Å². The zero-order valence-electron chi connectivity index (χ0n) is 21.9. The number of para-hydroxylation sites is 1. The minimum absolute atomic E-state index is 0.0398. The third-order valence-corrected chi connectivity index (χ3v) is 6.81. The third kappa shape index (κ3) is 8.56. The Hall–Kier alpha value is -3.88. The first-order chi connectivity index (χ1) is 19.2. The fourth-order valence-corrected chi connectivity index (χ4v) is 4.48. The quantitative estimate of drug-likeness (QED) is 0.0810. The molecule has 3 rings (SSSR count). The summed E-state index contributed by atoms with van der Waals surface area (Å²) in [6, 6.07) is 3.14. The number of fused-ring (bicyclic) bond motifs is 1. The van der Waals surface area contributed by atoms with Crippen molar-refractivity contribution in [1.29, 1.82) is 0 Å². The van der Waals surface area contributed by atoms with Crippen LogP contribution in [0.5, 0.6) is 0 Å². The van der Waals surface area contributed by atoms with Gasteiger partial charge in [0.2, 0.25) is 17.7 Å². The summed E-state index contributed by atoms with van der Waals surface area (Å²) in [5, 5.41) is 18.4. The number of nitrogens with two attached hydrogens (primary N) is 2. The molecule has 4 unspecified atom stereocenters. The first-order valence-corrected chi connectivity index (χ1v) is 13.6. The summed E-state index contributed by atoms with van der Waals surface area (Å²) in [7, 11) is 0. The van der Waals surface area contributed by atoms with Crippen LogP contribution < -0.4 is 27.4 Å². The van der Waals surface area contributed by atoms with Gasteiger partial charge in [-0.15, -0.1) is 0 Å². The molecule has 0 spiro atoms. The molecule has 0 aliphatic rings. The molecule has 216 valence electrons. The molecule has 0 fully saturated rings. The van der Waals surface area contributed by atoms with Gasteiger partial charge in [-0.05, 0) is 37.4 Å². The summed E-state index contributed by atoms with van der Waals surface area (Å²) < 4.78 is 0. The van der Waals surface area contributed by atoms with Gasteiger partial charge in [0, 0.05) is 47.6 Å². The number of hydrogen-bond donors (Lipinski definition) is 9. The maximum absolute atomic E-state index is 13.2. The number of aliphatic carboxylic acids is 1. The molecule has 0 aliphatic carbocycles. The van der Waals surface area contributed by atoms with Crippen molar-refractivity contribution in [2.45, 2.75) is 56.3 Å². The second-order valence-electron chi connectivity index (χ2n) is 9.44. The van der Waals surface area contributed by atoms with Gasteiger partial charge in [0.15, 0.2) is 0 Å². The van der Waals surface area contributed by atoms with E-state index < -0.39 is 47.9 Å². The number of nitrogens with one attached hydrogen (secondary N) is 5. The number of hydrogen-bond acceptors (Lipinski definition) is 8. The Morgan fingerprint density at radius 2 is 1.65 bits per heavy atom. The van der Waals surface area contributed by atoms with E-state index in [1.54, 1.807) is 12.4 Å². The number of rotatable bonds is 16. The number of imidazole rings is 1. The maximum Gasteiger partial charge on any atom is 0.326 e. The van der Waals surface area contributed by atoms with Gasteiger partial charge in [-0.2, -0.15) is 12.6 Å². The maximum atomic E-state index is 13.2. The number of H-pyrrole nitrogens is 2. The summed E-state index contributed by atoms with van der Waals surface area (Å²) in [4.78, 5) is 60.8. The van der Waals surface area contributed by atoms with E-state index in [1.165, 1.54) is 6.33 Å². The van der Waals surface area contributed by atoms with Crippen LogP contribution in [0.3, 0.4) is 0 Å². The summed E-state index contributed by atoms with van der Waals surface area (Å²) in [5.41, 5.74) is 13.8. The number of nitrogens with zero attached hydrogens (tertiary/aromatic N) is 1. The monoisotopic (exact) mass is 572 g/mol. The van der Waals surface area contributed by atoms with Crippen molar-refractivity contribution in [2.75, 3.05) is 12.3 Å². The Kier molecular flexibility index (Phi) is 11.5. The van der Waals surface area contributed by atoms with Crippen LogP contribution >= 0.6 is 12.6 Å². The van der Waals surface area contributed by atoms with Crippen molar-refractivity contribution in [3.8, 4) is 0 Å². The predicted octanol–water partition coefficient (Wildman–Crippen LogP) is -0.399. The highest BCUT2D eigenvalue weighted by atomic mass is 32.1. The summed E-state index contributed by atoms with van der Waals surface area (Å²) in [6.45, 7) is 0.393. The Balaban J connectivity index is 1.66. The zero-order valence-corrected chi connectivity index (χ0v) is 22.8. The van der Waals surface area contributed by atoms with Gasteiger partial charge in [0.1, 0.15) is 18.1 Å². The fraction of sp³-hybridized carbons (Fsp3) is 0.423. The summed E-state index contributed by atoms with van der Waals surface area (Å²) >= 11 is 4.18. The van der Waals surface area contributed by atoms with Gasteiger partial charge in [0.25, 0.3) is 0 Å². The highest BCUT2D eigenvalue weighted by Crippen LogP contribution is 2.19. The Morgan fingerprint density at radius 1 is 0.950 bits per heavy atom. The number of aromatic nitrogens is 3. The van der Waals surface area contributed by atoms with Crippen LogP contribution in [0.25, 0.3) is 10.9 Å². The molecule has 40 heavy (non-hydrogen) atoms. The lowest BCUT2D eigenvalue weighted by Gasteiger charge is -2.24. The van der Waals surface area contributed by atoms with E-state index >= 15 is 0 Å². The van der Waals surface area contributed by atoms with Crippen LogP contribution in [0.15, 0.2) is 43.0 Å². The fourth-order valence-electron chi connectivity index (χ4n) is 4.23. The normalized spacial score (nSPS) is 14.2. The zero-order chi connectivity index (χ0) is 29.1. The average molecular weight is 573 g/mol. The highest BCUT2D eigenvalue weighted by Gasteiger charge is 2.30. The van der Waals surface area contributed by atoms with Crippen molar-refractivity contribution in [1.82, 2.24) is 30.9 Å². The Morgan fingerprint density at radius 3 is 2.33 bits per heavy atom. The molecule has 10 N–H and O–H groups in total. The van der Waals surface area contributed by atoms with Crippen molar-refractivity contribution in [3.63, 3.8) is 0 Å². The van der Waals surface area contributed by atoms with E-state index in [-0.39, 0.29) is 25.0 Å². The number of carboxylic acid groups (broad SMARTS) is 1. The van der Waals surface area contributed by atoms with E-state index in [1.807, 2.05) is 24.3 Å². The first-order valence-electron chi connectivity index (χ1n) is 13.0. The number of amides is 3. The molecular formula is C26H36N8O5S. The standard InChI is InChI=1S/C26H36N8O5S/c27-8-4-3-7-20(32-25(37)22(13-40)34-23(35)18(28)10-16-12-29-14-31-16)24(36)33-21(26(38)39)9-15-11-30-19-6-2-1-5-17(15)19/h1-2,5-6,11-12,14,18,20-22,30,40H,3-4,7-10,13,27-28H2,(H,29,31)(H,32,37)(H,33,36)(H,34,35)(H,38,39). The molecule has 1 aromatic carbocycles. The van der Waals surface area contributed by atoms with Crippen LogP contribution in [-0.2, 0) is 32.0 Å². The van der Waals surface area contributed by atoms with Gasteiger partial charge in [-0.1, -0.05) is 18.2 Å². The molecule has 0 saturated carbocycles. The summed E-state index contributed by atoms with van der Waals surface area (Å²) in [5.74, 6) is -3.13. The van der Waals surface area contributed by atoms with Gasteiger partial charge in [-0.25, -0.2) is 9.78 Å². The Labute approximate surface area is 236 Å². The lowest BCUT2D eigenvalue weighted by atomic mass is 10.0. The number of aromatic amines is 2. The number of carbonyl (C=O) groups excluding carboxylic acids is 3. The number of benzene rings is 1. The molecule has 3 aromatic rings. The van der Waals surface area contributed by atoms with Crippen LogP contribution in [0, 0.1) is 0 Å². The first kappa shape index (κ1) is 30.7. The topological polar surface area (TPSA) is 221 Å². The average Bonchev–Trinajstić information content (AvgIpc) is 3.60. The molecule has 2 heterocycles. The molecule has 0 saturated heterocycles.